The Kier molecular flexibility index (Phi) is 6.51. The number of ether oxygens (including phenoxy) is 2. The Morgan fingerprint density at radius 3 is 2.64 bits per heavy atom. The average molecular weight is 370 g/mol. The highest BCUT2D eigenvalue weighted by Crippen LogP contribution is 2.19. The summed E-state index contributed by atoms with van der Waals surface area (Å²) in [6.07, 6.45) is -0.966. The fourth-order valence-corrected chi connectivity index (χ4v) is 3.77. The molecule has 1 saturated heterocycles. The maximum absolute atomic E-state index is 12.6. The topological polar surface area (TPSA) is 102 Å². The van der Waals surface area contributed by atoms with Crippen LogP contribution < -0.4 is 5.32 Å². The summed E-state index contributed by atoms with van der Waals surface area (Å²) in [5, 5.41) is 2.55. The predicted octanol–water partition coefficient (Wildman–Crippen LogP) is 0.389. The summed E-state index contributed by atoms with van der Waals surface area (Å²) < 4.78 is 36.8. The zero-order valence-corrected chi connectivity index (χ0v) is 15.0. The maximum atomic E-state index is 12.6. The second kappa shape index (κ2) is 8.41. The van der Waals surface area contributed by atoms with Crippen molar-refractivity contribution in [3.63, 3.8) is 0 Å². The smallest absolute Gasteiger partial charge is 0.338 e. The Hall–Kier alpha value is -1.97. The van der Waals surface area contributed by atoms with E-state index in [0.717, 1.165) is 0 Å². The number of sulfonamides is 1. The van der Waals surface area contributed by atoms with Crippen LogP contribution in [0, 0.1) is 0 Å². The summed E-state index contributed by atoms with van der Waals surface area (Å²) in [5.41, 5.74) is 0.0745. The van der Waals surface area contributed by atoms with Gasteiger partial charge in [-0.15, -0.1) is 0 Å². The van der Waals surface area contributed by atoms with E-state index in [1.165, 1.54) is 35.5 Å². The second-order valence-corrected chi connectivity index (χ2v) is 7.42. The monoisotopic (exact) mass is 370 g/mol. The quantitative estimate of drug-likeness (QED) is 0.727. The van der Waals surface area contributed by atoms with E-state index in [0.29, 0.717) is 19.8 Å². The zero-order chi connectivity index (χ0) is 18.4. The lowest BCUT2D eigenvalue weighted by Gasteiger charge is -2.26. The number of carbonyl (C=O) groups excluding carboxylic acids is 2. The molecule has 0 saturated carbocycles. The number of likely N-dealkylation sites (N-methyl/N-ethyl adjacent to an activating group) is 1. The molecule has 25 heavy (non-hydrogen) atoms. The molecule has 9 heteroatoms. The van der Waals surface area contributed by atoms with E-state index in [-0.39, 0.29) is 23.5 Å². The lowest BCUT2D eigenvalue weighted by Crippen LogP contribution is -2.40. The molecule has 0 spiro atoms. The Balaban J connectivity index is 2.15. The normalized spacial score (nSPS) is 16.9. The SMILES string of the molecule is CCNC(=O)[C@@H](C)OC(=O)c1cccc(S(=O)(=O)N2CCOCC2)c1. The minimum absolute atomic E-state index is 0.00881. The molecular formula is C16H22N2O6S. The Morgan fingerprint density at radius 1 is 1.32 bits per heavy atom. The van der Waals surface area contributed by atoms with Crippen molar-refractivity contribution in [2.45, 2.75) is 24.8 Å². The van der Waals surface area contributed by atoms with Crippen molar-refractivity contribution < 1.29 is 27.5 Å². The Morgan fingerprint density at radius 2 is 2.00 bits per heavy atom. The van der Waals surface area contributed by atoms with Crippen molar-refractivity contribution in [2.24, 2.45) is 0 Å². The molecule has 0 aliphatic carbocycles. The first-order valence-corrected chi connectivity index (χ1v) is 9.47. The maximum Gasteiger partial charge on any atom is 0.338 e. The van der Waals surface area contributed by atoms with Gasteiger partial charge >= 0.3 is 5.97 Å². The van der Waals surface area contributed by atoms with E-state index in [9.17, 15) is 18.0 Å². The van der Waals surface area contributed by atoms with E-state index in [4.69, 9.17) is 9.47 Å². The van der Waals surface area contributed by atoms with Crippen molar-refractivity contribution in [1.29, 1.82) is 0 Å². The molecule has 0 bridgehead atoms. The van der Waals surface area contributed by atoms with Gasteiger partial charge in [0, 0.05) is 19.6 Å². The van der Waals surface area contributed by atoms with Gasteiger partial charge in [0.05, 0.1) is 23.7 Å². The fourth-order valence-electron chi connectivity index (χ4n) is 2.32. The van der Waals surface area contributed by atoms with Crippen molar-refractivity contribution in [3.05, 3.63) is 29.8 Å². The number of hydrogen-bond acceptors (Lipinski definition) is 6. The summed E-state index contributed by atoms with van der Waals surface area (Å²) >= 11 is 0. The summed E-state index contributed by atoms with van der Waals surface area (Å²) in [7, 11) is -3.71. The zero-order valence-electron chi connectivity index (χ0n) is 14.2. The van der Waals surface area contributed by atoms with Crippen LogP contribution in [0.25, 0.3) is 0 Å². The molecule has 1 aromatic rings. The van der Waals surface area contributed by atoms with Gasteiger partial charge in [0.15, 0.2) is 6.10 Å². The number of nitrogens with one attached hydrogen (secondary N) is 1. The average Bonchev–Trinajstić information content (AvgIpc) is 2.62. The molecular weight excluding hydrogens is 348 g/mol. The van der Waals surface area contributed by atoms with Crippen LogP contribution in [0.5, 0.6) is 0 Å². The van der Waals surface area contributed by atoms with E-state index in [1.54, 1.807) is 6.92 Å². The summed E-state index contributed by atoms with van der Waals surface area (Å²) in [4.78, 5) is 23.8. The Labute approximate surface area is 147 Å². The molecule has 2 rings (SSSR count). The number of rotatable bonds is 6. The first kappa shape index (κ1) is 19.4. The number of morpholine rings is 1. The molecule has 1 N–H and O–H groups in total. The first-order valence-electron chi connectivity index (χ1n) is 8.03. The van der Waals surface area contributed by atoms with Crippen LogP contribution in [0.1, 0.15) is 24.2 Å². The van der Waals surface area contributed by atoms with Gasteiger partial charge in [-0.1, -0.05) is 6.07 Å². The van der Waals surface area contributed by atoms with Gasteiger partial charge in [0.1, 0.15) is 0 Å². The number of amides is 1. The van der Waals surface area contributed by atoms with Crippen LogP contribution in [0.15, 0.2) is 29.2 Å². The van der Waals surface area contributed by atoms with E-state index < -0.39 is 28.0 Å². The molecule has 0 aromatic heterocycles. The number of hydrogen-bond donors (Lipinski definition) is 1. The standard InChI is InChI=1S/C16H22N2O6S/c1-3-17-15(19)12(2)24-16(20)13-5-4-6-14(11-13)25(21,22)18-7-9-23-10-8-18/h4-6,11-12H,3,7-10H2,1-2H3,(H,17,19)/t12-/m1/s1. The van der Waals surface area contributed by atoms with Crippen LogP contribution >= 0.6 is 0 Å². The lowest BCUT2D eigenvalue weighted by molar-refractivity contribution is -0.128. The molecule has 1 aliphatic heterocycles. The highest BCUT2D eigenvalue weighted by Gasteiger charge is 2.27. The molecule has 8 nitrogen and oxygen atoms in total. The van der Waals surface area contributed by atoms with Crippen LogP contribution in [-0.4, -0.2) is 63.6 Å². The third kappa shape index (κ3) is 4.77. The predicted molar refractivity (Wildman–Crippen MR) is 89.6 cm³/mol. The third-order valence-electron chi connectivity index (χ3n) is 3.68. The van der Waals surface area contributed by atoms with Crippen LogP contribution in [0.2, 0.25) is 0 Å². The molecule has 1 aromatic carbocycles. The molecule has 1 atom stereocenters. The Bertz CT molecular complexity index is 728. The lowest BCUT2D eigenvalue weighted by atomic mass is 10.2. The second-order valence-electron chi connectivity index (χ2n) is 5.49. The van der Waals surface area contributed by atoms with Gasteiger partial charge < -0.3 is 14.8 Å². The van der Waals surface area contributed by atoms with E-state index in [2.05, 4.69) is 5.32 Å². The van der Waals surface area contributed by atoms with Gasteiger partial charge in [-0.25, -0.2) is 13.2 Å². The number of esters is 1. The van der Waals surface area contributed by atoms with Crippen molar-refractivity contribution in [1.82, 2.24) is 9.62 Å². The minimum Gasteiger partial charge on any atom is -0.449 e. The van der Waals surface area contributed by atoms with Gasteiger partial charge in [-0.3, -0.25) is 4.79 Å². The van der Waals surface area contributed by atoms with Crippen molar-refractivity contribution >= 4 is 21.9 Å². The summed E-state index contributed by atoms with van der Waals surface area (Å²) in [6, 6.07) is 5.61. The van der Waals surface area contributed by atoms with Gasteiger partial charge in [0.25, 0.3) is 5.91 Å². The minimum atomic E-state index is -3.71. The molecule has 1 fully saturated rings. The molecule has 0 unspecified atom stereocenters. The molecule has 1 heterocycles. The fraction of sp³-hybridized carbons (Fsp3) is 0.500. The van der Waals surface area contributed by atoms with Gasteiger partial charge in [0.2, 0.25) is 10.0 Å². The summed E-state index contributed by atoms with van der Waals surface area (Å²) in [6.45, 7) is 4.85. The van der Waals surface area contributed by atoms with E-state index in [1.807, 2.05) is 0 Å². The molecule has 0 radical (unpaired) electrons. The largest absolute Gasteiger partial charge is 0.449 e. The molecule has 1 amide bonds. The third-order valence-corrected chi connectivity index (χ3v) is 5.58. The number of benzene rings is 1. The first-order chi connectivity index (χ1) is 11.9. The van der Waals surface area contributed by atoms with Crippen molar-refractivity contribution in [2.75, 3.05) is 32.8 Å². The summed E-state index contributed by atoms with van der Waals surface area (Å²) in [5.74, 6) is -1.16. The highest BCUT2D eigenvalue weighted by atomic mass is 32.2. The number of carbonyl (C=O) groups is 2. The van der Waals surface area contributed by atoms with Crippen LogP contribution in [0.4, 0.5) is 0 Å². The van der Waals surface area contributed by atoms with E-state index >= 15 is 0 Å². The number of nitrogens with zero attached hydrogens (tertiary/aromatic N) is 1. The van der Waals surface area contributed by atoms with Crippen LogP contribution in [0.3, 0.4) is 0 Å². The highest BCUT2D eigenvalue weighted by molar-refractivity contribution is 7.89. The molecule has 138 valence electrons. The molecule has 1 aliphatic rings. The van der Waals surface area contributed by atoms with Gasteiger partial charge in [-0.2, -0.15) is 4.31 Å². The van der Waals surface area contributed by atoms with Gasteiger partial charge in [-0.05, 0) is 32.0 Å². The van der Waals surface area contributed by atoms with Crippen LogP contribution in [-0.2, 0) is 24.3 Å². The van der Waals surface area contributed by atoms with Crippen molar-refractivity contribution in [3.8, 4) is 0 Å².